The SMILES string of the molecule is COc1nn(CCOCCOCCOCCOCCOS(=O)(=O)c2ccc(C)cc2)cc1Nc1nc(N2C[C@@H](F)[C@H](NC(=O)OC(C)(C)C)C2)nc2c1ncn2C. The van der Waals surface area contributed by atoms with Crippen molar-refractivity contribution in [2.75, 3.05) is 89.9 Å². The number of halogens is 1. The summed E-state index contributed by atoms with van der Waals surface area (Å²) >= 11 is 0. The van der Waals surface area contributed by atoms with Crippen molar-refractivity contribution in [3.63, 3.8) is 0 Å². The molecular weight excluding hydrogens is 770 g/mol. The molecule has 1 saturated heterocycles. The highest BCUT2D eigenvalue weighted by atomic mass is 32.2. The number of methoxy groups -OCH3 is 1. The van der Waals surface area contributed by atoms with Gasteiger partial charge in [0.25, 0.3) is 16.0 Å². The lowest BCUT2D eigenvalue weighted by molar-refractivity contribution is -0.00522. The van der Waals surface area contributed by atoms with E-state index in [1.54, 1.807) is 66.6 Å². The third kappa shape index (κ3) is 12.9. The number of benzene rings is 1. The van der Waals surface area contributed by atoms with E-state index in [4.69, 9.17) is 37.6 Å². The second-order valence-electron chi connectivity index (χ2n) is 14.1. The van der Waals surface area contributed by atoms with Gasteiger partial charge < -0.3 is 48.5 Å². The number of amides is 1. The molecule has 1 fully saturated rings. The molecule has 1 aliphatic heterocycles. The van der Waals surface area contributed by atoms with E-state index in [0.717, 1.165) is 5.56 Å². The minimum Gasteiger partial charge on any atom is -0.478 e. The number of anilines is 3. The van der Waals surface area contributed by atoms with Gasteiger partial charge in [0.05, 0.1) is 103 Å². The summed E-state index contributed by atoms with van der Waals surface area (Å²) in [6.07, 6.45) is 1.31. The van der Waals surface area contributed by atoms with Crippen LogP contribution in [0.25, 0.3) is 11.2 Å². The van der Waals surface area contributed by atoms with E-state index in [1.165, 1.54) is 19.2 Å². The Bertz CT molecular complexity index is 2010. The van der Waals surface area contributed by atoms with Crippen LogP contribution in [0.15, 0.2) is 41.7 Å². The largest absolute Gasteiger partial charge is 0.478 e. The first-order valence-electron chi connectivity index (χ1n) is 18.5. The van der Waals surface area contributed by atoms with Crippen LogP contribution in [0.2, 0.25) is 0 Å². The third-order valence-corrected chi connectivity index (χ3v) is 9.64. The van der Waals surface area contributed by atoms with Crippen LogP contribution >= 0.6 is 0 Å². The number of alkyl carbamates (subject to hydrolysis) is 1. The Morgan fingerprint density at radius 1 is 0.930 bits per heavy atom. The van der Waals surface area contributed by atoms with Crippen molar-refractivity contribution in [2.45, 2.75) is 56.9 Å². The summed E-state index contributed by atoms with van der Waals surface area (Å²) in [7, 11) is -0.510. The molecule has 314 valence electrons. The molecule has 0 saturated carbocycles. The number of hydrogen-bond acceptors (Lipinski definition) is 16. The Labute approximate surface area is 331 Å². The van der Waals surface area contributed by atoms with Crippen molar-refractivity contribution in [1.82, 2.24) is 34.6 Å². The van der Waals surface area contributed by atoms with E-state index in [0.29, 0.717) is 74.7 Å². The van der Waals surface area contributed by atoms with Crippen molar-refractivity contribution in [3.8, 4) is 5.88 Å². The number of ether oxygens (including phenoxy) is 6. The van der Waals surface area contributed by atoms with Gasteiger partial charge in [0.2, 0.25) is 5.95 Å². The molecule has 2 atom stereocenters. The zero-order valence-electron chi connectivity index (χ0n) is 33.1. The Morgan fingerprint density at radius 3 is 2.19 bits per heavy atom. The van der Waals surface area contributed by atoms with E-state index in [1.807, 2.05) is 6.92 Å². The highest BCUT2D eigenvalue weighted by Crippen LogP contribution is 2.31. The number of carbonyl (C=O) groups is 1. The smallest absolute Gasteiger partial charge is 0.408 e. The molecule has 0 bridgehead atoms. The molecule has 0 spiro atoms. The predicted octanol–water partition coefficient (Wildman–Crippen LogP) is 3.14. The number of aromatic nitrogens is 6. The van der Waals surface area contributed by atoms with Gasteiger partial charge >= 0.3 is 6.09 Å². The topological polar surface area (TPSA) is 205 Å². The lowest BCUT2D eigenvalue weighted by Gasteiger charge is -2.22. The lowest BCUT2D eigenvalue weighted by Crippen LogP contribution is -2.44. The molecule has 21 heteroatoms. The minimum absolute atomic E-state index is 0.0237. The van der Waals surface area contributed by atoms with Crippen molar-refractivity contribution >= 4 is 44.8 Å². The average Bonchev–Trinajstić information content (AvgIpc) is 3.85. The number of alkyl halides is 1. The standard InChI is InChI=1S/C36H52FN9O10S/c1-25-7-9-26(10-8-25)57(48,49)55-20-19-54-18-17-53-16-15-52-14-13-51-12-11-46-23-29(33(43-46)50-6)39-31-30-32(44(5)24-38-30)42-34(41-31)45-21-27(37)28(22-45)40-35(47)56-36(2,3)4/h7-10,23-24,27-28H,11-22H2,1-6H3,(H,40,47)(H,39,41,42)/t27-,28-/m1/s1. The zero-order valence-corrected chi connectivity index (χ0v) is 33.9. The molecule has 0 radical (unpaired) electrons. The number of imidazole rings is 1. The molecular formula is C36H52FN9O10S. The second kappa shape index (κ2) is 20.1. The quantitative estimate of drug-likeness (QED) is 0.0863. The lowest BCUT2D eigenvalue weighted by atomic mass is 10.2. The van der Waals surface area contributed by atoms with Crippen LogP contribution < -0.4 is 20.3 Å². The van der Waals surface area contributed by atoms with Crippen LogP contribution in [0, 0.1) is 6.92 Å². The number of rotatable bonds is 22. The van der Waals surface area contributed by atoms with Gasteiger partial charge in [-0.15, -0.1) is 5.10 Å². The van der Waals surface area contributed by atoms with Crippen LogP contribution in [0.4, 0.5) is 26.6 Å². The van der Waals surface area contributed by atoms with Gasteiger partial charge in [-0.25, -0.2) is 14.2 Å². The maximum atomic E-state index is 15.1. The van der Waals surface area contributed by atoms with Gasteiger partial charge in [-0.05, 0) is 39.8 Å². The summed E-state index contributed by atoms with van der Waals surface area (Å²) in [5.74, 6) is 0.952. The second-order valence-corrected chi connectivity index (χ2v) is 15.7. The van der Waals surface area contributed by atoms with Crippen LogP contribution in [0.5, 0.6) is 5.88 Å². The monoisotopic (exact) mass is 821 g/mol. The number of carbonyl (C=O) groups excluding carboxylic acids is 1. The molecule has 4 aromatic rings. The summed E-state index contributed by atoms with van der Waals surface area (Å²) in [4.78, 5) is 27.9. The first-order valence-corrected chi connectivity index (χ1v) is 19.9. The first-order chi connectivity index (χ1) is 27.2. The number of fused-ring (bicyclic) bond motifs is 1. The van der Waals surface area contributed by atoms with Gasteiger partial charge in [-0.1, -0.05) is 17.7 Å². The Balaban J connectivity index is 0.990. The summed E-state index contributed by atoms with van der Waals surface area (Å²) in [6.45, 7) is 10.1. The summed E-state index contributed by atoms with van der Waals surface area (Å²) in [6, 6.07) is 5.63. The van der Waals surface area contributed by atoms with Crippen LogP contribution in [-0.4, -0.2) is 141 Å². The van der Waals surface area contributed by atoms with Gasteiger partial charge in [0, 0.05) is 13.6 Å². The average molecular weight is 822 g/mol. The van der Waals surface area contributed by atoms with E-state index in [9.17, 15) is 13.2 Å². The van der Waals surface area contributed by atoms with Crippen molar-refractivity contribution in [1.29, 1.82) is 0 Å². The van der Waals surface area contributed by atoms with Crippen LogP contribution in [0.3, 0.4) is 0 Å². The first kappa shape index (κ1) is 43.5. The molecule has 2 N–H and O–H groups in total. The Morgan fingerprint density at radius 2 is 1.56 bits per heavy atom. The molecule has 1 amide bonds. The Hall–Kier alpha value is -4.67. The maximum absolute atomic E-state index is 15.1. The van der Waals surface area contributed by atoms with Gasteiger partial charge in [-0.3, -0.25) is 8.86 Å². The van der Waals surface area contributed by atoms with Crippen molar-refractivity contribution < 1.29 is 50.2 Å². The third-order valence-electron chi connectivity index (χ3n) is 8.31. The highest BCUT2D eigenvalue weighted by molar-refractivity contribution is 7.86. The molecule has 0 unspecified atom stereocenters. The fraction of sp³-hybridized carbons (Fsp3) is 0.583. The van der Waals surface area contributed by atoms with Crippen LogP contribution in [-0.2, 0) is 51.6 Å². The normalized spacial score (nSPS) is 16.0. The molecule has 1 aromatic carbocycles. The van der Waals surface area contributed by atoms with Crippen molar-refractivity contribution in [2.24, 2.45) is 7.05 Å². The zero-order chi connectivity index (χ0) is 41.0. The summed E-state index contributed by atoms with van der Waals surface area (Å²) < 4.78 is 80.8. The molecule has 57 heavy (non-hydrogen) atoms. The van der Waals surface area contributed by atoms with Gasteiger partial charge in [-0.2, -0.15) is 18.4 Å². The molecule has 1 aliphatic rings. The number of aryl methyl sites for hydroxylation is 2. The molecule has 5 rings (SSSR count). The molecule has 0 aliphatic carbocycles. The fourth-order valence-electron chi connectivity index (χ4n) is 5.52. The van der Waals surface area contributed by atoms with E-state index >= 15 is 4.39 Å². The summed E-state index contributed by atoms with van der Waals surface area (Å²) in [5, 5.41) is 10.4. The van der Waals surface area contributed by atoms with E-state index in [2.05, 4.69) is 25.7 Å². The Kier molecular flexibility index (Phi) is 15.4. The number of nitrogens with one attached hydrogen (secondary N) is 2. The predicted molar refractivity (Wildman–Crippen MR) is 206 cm³/mol. The number of nitrogens with zero attached hydrogens (tertiary/aromatic N) is 7. The maximum Gasteiger partial charge on any atom is 0.408 e. The van der Waals surface area contributed by atoms with Gasteiger partial charge in [0.1, 0.15) is 17.5 Å². The summed E-state index contributed by atoms with van der Waals surface area (Å²) in [5.41, 5.74) is 1.79. The van der Waals surface area contributed by atoms with E-state index in [-0.39, 0.29) is 43.8 Å². The van der Waals surface area contributed by atoms with Crippen molar-refractivity contribution in [3.05, 3.63) is 42.4 Å². The fourth-order valence-corrected chi connectivity index (χ4v) is 6.42. The highest BCUT2D eigenvalue weighted by Gasteiger charge is 2.37. The molecule has 3 aromatic heterocycles. The minimum atomic E-state index is -3.81. The van der Waals surface area contributed by atoms with E-state index < -0.39 is 34.0 Å². The van der Waals surface area contributed by atoms with Gasteiger partial charge in [0.15, 0.2) is 17.0 Å². The molecule has 4 heterocycles. The number of hydrogen-bond donors (Lipinski definition) is 2. The van der Waals surface area contributed by atoms with Crippen LogP contribution in [0.1, 0.15) is 26.3 Å². The molecule has 19 nitrogen and oxygen atoms in total.